The number of anilines is 1. The third-order valence-corrected chi connectivity index (χ3v) is 4.02. The number of amides is 1. The third kappa shape index (κ3) is 3.75. The molecule has 0 atom stereocenters. The van der Waals surface area contributed by atoms with Crippen LogP contribution in [-0.4, -0.2) is 23.0 Å². The van der Waals surface area contributed by atoms with Crippen molar-refractivity contribution in [2.24, 2.45) is 0 Å². The number of thiazole rings is 1. The zero-order chi connectivity index (χ0) is 16.9. The van der Waals surface area contributed by atoms with Crippen LogP contribution in [0.4, 0.5) is 9.52 Å². The van der Waals surface area contributed by atoms with Crippen LogP contribution in [0.1, 0.15) is 5.56 Å². The lowest BCUT2D eigenvalue weighted by atomic mass is 10.1. The van der Waals surface area contributed by atoms with Gasteiger partial charge in [-0.25, -0.2) is 9.37 Å². The van der Waals surface area contributed by atoms with Gasteiger partial charge in [0.1, 0.15) is 5.69 Å². The molecule has 2 heterocycles. The van der Waals surface area contributed by atoms with Crippen LogP contribution in [0.2, 0.25) is 0 Å². The van der Waals surface area contributed by atoms with Crippen LogP contribution in [0.15, 0.2) is 48.0 Å². The minimum atomic E-state index is -0.491. The fourth-order valence-electron chi connectivity index (χ4n) is 2.13. The van der Waals surface area contributed by atoms with Gasteiger partial charge >= 0.3 is 0 Å². The van der Waals surface area contributed by atoms with E-state index in [1.54, 1.807) is 12.3 Å². The highest BCUT2D eigenvalue weighted by molar-refractivity contribution is 7.14. The van der Waals surface area contributed by atoms with E-state index in [9.17, 15) is 9.18 Å². The van der Waals surface area contributed by atoms with Crippen molar-refractivity contribution in [1.82, 2.24) is 9.97 Å². The maximum atomic E-state index is 13.6. The standard InChI is InChI=1S/C17H14FN3O2S/c1-23-15-6-5-11(8-12(15)18)9-16(22)21-17-20-14(10-24-17)13-4-2-3-7-19-13/h2-8,10H,9H2,1H3,(H,20,21,22). The van der Waals surface area contributed by atoms with E-state index < -0.39 is 5.82 Å². The number of ether oxygens (including phenoxy) is 1. The molecule has 0 radical (unpaired) electrons. The van der Waals surface area contributed by atoms with Crippen molar-refractivity contribution in [1.29, 1.82) is 0 Å². The van der Waals surface area contributed by atoms with Crippen molar-refractivity contribution >= 4 is 22.4 Å². The molecule has 5 nitrogen and oxygen atoms in total. The highest BCUT2D eigenvalue weighted by Gasteiger charge is 2.11. The van der Waals surface area contributed by atoms with E-state index >= 15 is 0 Å². The molecule has 2 aromatic heterocycles. The SMILES string of the molecule is COc1ccc(CC(=O)Nc2nc(-c3ccccn3)cs2)cc1F. The highest BCUT2D eigenvalue weighted by Crippen LogP contribution is 2.23. The fraction of sp³-hybridized carbons (Fsp3) is 0.118. The van der Waals surface area contributed by atoms with Gasteiger partial charge in [0.2, 0.25) is 5.91 Å². The number of carbonyl (C=O) groups excluding carboxylic acids is 1. The molecule has 0 spiro atoms. The number of halogens is 1. The molecule has 0 saturated heterocycles. The van der Waals surface area contributed by atoms with E-state index in [2.05, 4.69) is 15.3 Å². The maximum absolute atomic E-state index is 13.6. The summed E-state index contributed by atoms with van der Waals surface area (Å²) in [6, 6.07) is 9.99. The molecule has 0 bridgehead atoms. The second kappa shape index (κ2) is 7.18. The second-order valence-corrected chi connectivity index (χ2v) is 5.80. The van der Waals surface area contributed by atoms with E-state index in [1.165, 1.54) is 30.6 Å². The number of nitrogens with one attached hydrogen (secondary N) is 1. The molecule has 0 aliphatic heterocycles. The number of benzene rings is 1. The van der Waals surface area contributed by atoms with Crippen LogP contribution in [-0.2, 0) is 11.2 Å². The Morgan fingerprint density at radius 1 is 1.29 bits per heavy atom. The van der Waals surface area contributed by atoms with Crippen molar-refractivity contribution in [2.45, 2.75) is 6.42 Å². The van der Waals surface area contributed by atoms with Gasteiger partial charge in [-0.05, 0) is 29.8 Å². The van der Waals surface area contributed by atoms with Crippen molar-refractivity contribution in [3.05, 3.63) is 59.4 Å². The van der Waals surface area contributed by atoms with Crippen LogP contribution < -0.4 is 10.1 Å². The Hall–Kier alpha value is -2.80. The zero-order valence-corrected chi connectivity index (χ0v) is 13.6. The van der Waals surface area contributed by atoms with Gasteiger partial charge in [-0.2, -0.15) is 0 Å². The zero-order valence-electron chi connectivity index (χ0n) is 12.8. The van der Waals surface area contributed by atoms with Crippen molar-refractivity contribution in [2.75, 3.05) is 12.4 Å². The summed E-state index contributed by atoms with van der Waals surface area (Å²) in [5.41, 5.74) is 2.00. The molecule has 3 aromatic rings. The number of carbonyl (C=O) groups is 1. The Kier molecular flexibility index (Phi) is 4.81. The summed E-state index contributed by atoms with van der Waals surface area (Å²) in [7, 11) is 1.40. The Bertz CT molecular complexity index is 852. The predicted molar refractivity (Wildman–Crippen MR) is 90.6 cm³/mol. The smallest absolute Gasteiger partial charge is 0.230 e. The Balaban J connectivity index is 1.65. The summed E-state index contributed by atoms with van der Waals surface area (Å²) >= 11 is 1.32. The summed E-state index contributed by atoms with van der Waals surface area (Å²) in [5, 5.41) is 5.02. The number of pyridine rings is 1. The van der Waals surface area contributed by atoms with Gasteiger partial charge in [0, 0.05) is 11.6 Å². The molecule has 0 unspecified atom stereocenters. The normalized spacial score (nSPS) is 10.4. The molecule has 0 fully saturated rings. The van der Waals surface area contributed by atoms with Crippen molar-refractivity contribution < 1.29 is 13.9 Å². The van der Waals surface area contributed by atoms with Gasteiger partial charge in [0.15, 0.2) is 16.7 Å². The van der Waals surface area contributed by atoms with Crippen molar-refractivity contribution in [3.8, 4) is 17.1 Å². The van der Waals surface area contributed by atoms with Gasteiger partial charge in [-0.1, -0.05) is 12.1 Å². The van der Waals surface area contributed by atoms with Crippen LogP contribution in [0.5, 0.6) is 5.75 Å². The maximum Gasteiger partial charge on any atom is 0.230 e. The van der Waals surface area contributed by atoms with E-state index in [1.807, 2.05) is 23.6 Å². The van der Waals surface area contributed by atoms with Crippen LogP contribution in [0, 0.1) is 5.82 Å². The topological polar surface area (TPSA) is 64.1 Å². The second-order valence-electron chi connectivity index (χ2n) is 4.95. The first-order chi connectivity index (χ1) is 11.7. The molecule has 1 amide bonds. The minimum Gasteiger partial charge on any atom is -0.494 e. The average molecular weight is 343 g/mol. The molecule has 1 N–H and O–H groups in total. The summed E-state index contributed by atoms with van der Waals surface area (Å²) in [4.78, 5) is 20.6. The summed E-state index contributed by atoms with van der Waals surface area (Å²) in [6.45, 7) is 0. The molecule has 7 heteroatoms. The number of hydrogen-bond acceptors (Lipinski definition) is 5. The molecule has 0 aliphatic rings. The first-order valence-corrected chi connectivity index (χ1v) is 8.03. The summed E-state index contributed by atoms with van der Waals surface area (Å²) in [6.07, 6.45) is 1.74. The van der Waals surface area contributed by atoms with Crippen LogP contribution in [0.3, 0.4) is 0 Å². The number of aromatic nitrogens is 2. The number of methoxy groups -OCH3 is 1. The number of rotatable bonds is 5. The summed E-state index contributed by atoms with van der Waals surface area (Å²) < 4.78 is 18.5. The molecule has 0 saturated carbocycles. The van der Waals surface area contributed by atoms with E-state index in [0.717, 1.165) is 5.69 Å². The third-order valence-electron chi connectivity index (χ3n) is 3.26. The van der Waals surface area contributed by atoms with Crippen molar-refractivity contribution in [3.63, 3.8) is 0 Å². The fourth-order valence-corrected chi connectivity index (χ4v) is 2.85. The number of hydrogen-bond donors (Lipinski definition) is 1. The Morgan fingerprint density at radius 2 is 2.17 bits per heavy atom. The average Bonchev–Trinajstić information content (AvgIpc) is 3.04. The molecule has 0 aliphatic carbocycles. The Morgan fingerprint density at radius 3 is 2.88 bits per heavy atom. The van der Waals surface area contributed by atoms with Gasteiger partial charge in [-0.15, -0.1) is 11.3 Å². The van der Waals surface area contributed by atoms with E-state index in [0.29, 0.717) is 16.4 Å². The quantitative estimate of drug-likeness (QED) is 0.770. The van der Waals surface area contributed by atoms with Gasteiger partial charge < -0.3 is 10.1 Å². The molecule has 3 rings (SSSR count). The molecule has 1 aromatic carbocycles. The van der Waals surface area contributed by atoms with Gasteiger partial charge in [0.25, 0.3) is 0 Å². The monoisotopic (exact) mass is 343 g/mol. The minimum absolute atomic E-state index is 0.0550. The molecular weight excluding hydrogens is 329 g/mol. The highest BCUT2D eigenvalue weighted by atomic mass is 32.1. The first-order valence-electron chi connectivity index (χ1n) is 7.15. The van der Waals surface area contributed by atoms with E-state index in [-0.39, 0.29) is 18.1 Å². The van der Waals surface area contributed by atoms with Crippen LogP contribution >= 0.6 is 11.3 Å². The van der Waals surface area contributed by atoms with E-state index in [4.69, 9.17) is 4.74 Å². The lowest BCUT2D eigenvalue weighted by Gasteiger charge is -2.05. The number of nitrogens with zero attached hydrogens (tertiary/aromatic N) is 2. The lowest BCUT2D eigenvalue weighted by molar-refractivity contribution is -0.115. The molecular formula is C17H14FN3O2S. The Labute approximate surface area is 142 Å². The predicted octanol–water partition coefficient (Wildman–Crippen LogP) is 3.53. The molecule has 24 heavy (non-hydrogen) atoms. The van der Waals surface area contributed by atoms with Gasteiger partial charge in [-0.3, -0.25) is 9.78 Å². The largest absolute Gasteiger partial charge is 0.494 e. The van der Waals surface area contributed by atoms with Gasteiger partial charge in [0.05, 0.1) is 19.2 Å². The summed E-state index contributed by atoms with van der Waals surface area (Å²) in [5.74, 6) is -0.602. The van der Waals surface area contributed by atoms with Crippen LogP contribution in [0.25, 0.3) is 11.4 Å². The first kappa shape index (κ1) is 16.1. The lowest BCUT2D eigenvalue weighted by Crippen LogP contribution is -2.14. The molecule has 122 valence electrons.